The molecule has 6 rings (SSSR count). The summed E-state index contributed by atoms with van der Waals surface area (Å²) in [5.74, 6) is 1.30. The minimum Gasteiger partial charge on any atom is -0.358 e. The Kier molecular flexibility index (Phi) is 12.1. The van der Waals surface area contributed by atoms with E-state index in [9.17, 15) is 0 Å². The summed E-state index contributed by atoms with van der Waals surface area (Å²) in [5.41, 5.74) is 10.4. The summed E-state index contributed by atoms with van der Waals surface area (Å²) in [6.07, 6.45) is 0. The molecule has 0 aliphatic carbocycles. The molecular formula is C49H56N2P2. The fourth-order valence-corrected chi connectivity index (χ4v) is 16.8. The van der Waals surface area contributed by atoms with E-state index in [1.807, 2.05) is 0 Å². The Morgan fingerprint density at radius 1 is 0.396 bits per heavy atom. The number of nitrogens with zero attached hydrogens (tertiary/aromatic N) is 1. The van der Waals surface area contributed by atoms with Crippen molar-refractivity contribution < 1.29 is 0 Å². The van der Waals surface area contributed by atoms with Gasteiger partial charge in [0.05, 0.1) is 12.7 Å². The molecule has 0 unspecified atom stereocenters. The number of nitrogens with one attached hydrogen (secondary N) is 1. The van der Waals surface area contributed by atoms with E-state index in [1.165, 1.54) is 49.2 Å². The lowest BCUT2D eigenvalue weighted by atomic mass is 9.93. The van der Waals surface area contributed by atoms with Crippen molar-refractivity contribution in [3.05, 3.63) is 180 Å². The second-order valence-corrected chi connectivity index (χ2v) is 21.5. The van der Waals surface area contributed by atoms with Crippen LogP contribution in [0.2, 0.25) is 0 Å². The first kappa shape index (κ1) is 38.4. The second-order valence-electron chi connectivity index (χ2n) is 15.3. The third-order valence-electron chi connectivity index (χ3n) is 10.2. The van der Waals surface area contributed by atoms with Crippen LogP contribution in [0.25, 0.3) is 0 Å². The van der Waals surface area contributed by atoms with Crippen molar-refractivity contribution in [1.29, 1.82) is 0 Å². The summed E-state index contributed by atoms with van der Waals surface area (Å²) in [6, 6.07) is 58.4. The molecule has 0 radical (unpaired) electrons. The zero-order chi connectivity index (χ0) is 37.6. The average Bonchev–Trinajstić information content (AvgIpc) is 3.18. The molecule has 6 aromatic rings. The van der Waals surface area contributed by atoms with E-state index in [0.29, 0.717) is 23.7 Å². The predicted octanol–water partition coefficient (Wildman–Crippen LogP) is 13.1. The average molecular weight is 735 g/mol. The molecule has 0 atom stereocenters. The second kappa shape index (κ2) is 16.8. The quantitative estimate of drug-likeness (QED) is 0.124. The van der Waals surface area contributed by atoms with Crippen LogP contribution < -0.4 is 26.3 Å². The van der Waals surface area contributed by atoms with Gasteiger partial charge >= 0.3 is 0 Å². The zero-order valence-corrected chi connectivity index (χ0v) is 34.5. The van der Waals surface area contributed by atoms with Gasteiger partial charge in [-0.2, -0.15) is 0 Å². The van der Waals surface area contributed by atoms with Gasteiger partial charge in [-0.15, -0.1) is 0 Å². The lowest BCUT2D eigenvalue weighted by Gasteiger charge is -2.36. The molecule has 0 saturated carbocycles. The van der Waals surface area contributed by atoms with E-state index in [2.05, 4.69) is 224 Å². The van der Waals surface area contributed by atoms with Crippen molar-refractivity contribution in [2.45, 2.75) is 79.1 Å². The minimum atomic E-state index is -2.74. The first-order valence-corrected chi connectivity index (χ1v) is 22.9. The third-order valence-corrected chi connectivity index (χ3v) is 18.4. The van der Waals surface area contributed by atoms with Crippen molar-refractivity contribution in [2.75, 3.05) is 5.09 Å². The molecule has 1 N–H and O–H groups in total. The number of hydrogen-bond acceptors (Lipinski definition) is 2. The Morgan fingerprint density at radius 3 is 1.06 bits per heavy atom. The lowest BCUT2D eigenvalue weighted by molar-refractivity contribution is 0.835. The van der Waals surface area contributed by atoms with Crippen molar-refractivity contribution in [2.24, 2.45) is 4.74 Å². The van der Waals surface area contributed by atoms with Gasteiger partial charge in [0, 0.05) is 23.3 Å². The molecule has 2 nitrogen and oxygen atoms in total. The number of benzene rings is 6. The van der Waals surface area contributed by atoms with E-state index < -0.39 is 14.1 Å². The Bertz CT molecular complexity index is 2080. The predicted molar refractivity (Wildman–Crippen MR) is 239 cm³/mol. The maximum Gasteiger partial charge on any atom is 0.0694 e. The molecule has 53 heavy (non-hydrogen) atoms. The van der Waals surface area contributed by atoms with Crippen LogP contribution in [-0.4, -0.2) is 5.54 Å². The molecular weight excluding hydrogens is 679 g/mol. The molecule has 0 spiro atoms. The highest BCUT2D eigenvalue weighted by Crippen LogP contribution is 2.59. The highest BCUT2D eigenvalue weighted by Gasteiger charge is 2.33. The smallest absolute Gasteiger partial charge is 0.0694 e. The summed E-state index contributed by atoms with van der Waals surface area (Å²) < 4.78 is 6.31. The van der Waals surface area contributed by atoms with Crippen molar-refractivity contribution in [1.82, 2.24) is 0 Å². The SMILES string of the molecule is CC(C)c1cccc(C(C)C)c1N=P(C=P(Nc1c(C(C)C)cccc1C(C)C)(c1ccccc1)c1ccccc1)(c1ccccc1)c1ccccc1. The lowest BCUT2D eigenvalue weighted by Crippen LogP contribution is -2.28. The van der Waals surface area contributed by atoms with Crippen LogP contribution in [0.3, 0.4) is 0 Å². The van der Waals surface area contributed by atoms with Gasteiger partial charge in [-0.3, -0.25) is 4.74 Å². The van der Waals surface area contributed by atoms with Gasteiger partial charge in [0.1, 0.15) is 0 Å². The van der Waals surface area contributed by atoms with Gasteiger partial charge < -0.3 is 5.09 Å². The number of para-hydroxylation sites is 1. The van der Waals surface area contributed by atoms with Crippen molar-refractivity contribution in [3.8, 4) is 0 Å². The molecule has 0 aliphatic rings. The maximum absolute atomic E-state index is 6.31. The zero-order valence-electron chi connectivity index (χ0n) is 32.7. The molecule has 0 bridgehead atoms. The minimum absolute atomic E-state index is 0.313. The normalized spacial score (nSPS) is 12.1. The van der Waals surface area contributed by atoms with Crippen molar-refractivity contribution >= 4 is 52.2 Å². The maximum atomic E-state index is 6.31. The summed E-state index contributed by atoms with van der Waals surface area (Å²) in [5, 5.41) is 9.57. The fraction of sp³-hybridized carbons (Fsp3) is 0.245. The van der Waals surface area contributed by atoms with Crippen LogP contribution in [0.1, 0.15) is 101 Å². The standard InChI is InChI=1S/C49H56N2P2/c1-36(2)44-31-21-32-45(37(3)4)48(44)50-52(40-23-13-9-14-24-40,41-25-15-10-16-26-41)35-53(42-27-17-11-18-28-42,43-29-19-12-20-30-43)51-49-46(38(5)6)33-22-34-47(49)39(7)8/h9-39,50H,1-8H3. The van der Waals surface area contributed by atoms with Gasteiger partial charge in [0.15, 0.2) is 0 Å². The molecule has 272 valence electrons. The Labute approximate surface area is 319 Å². The largest absolute Gasteiger partial charge is 0.358 e. The topological polar surface area (TPSA) is 24.4 Å². The highest BCUT2D eigenvalue weighted by atomic mass is 31.2. The molecule has 4 heteroatoms. The van der Waals surface area contributed by atoms with Crippen LogP contribution in [0.5, 0.6) is 0 Å². The van der Waals surface area contributed by atoms with Crippen LogP contribution >= 0.6 is 14.1 Å². The number of hydrogen-bond donors (Lipinski definition) is 1. The van der Waals surface area contributed by atoms with Gasteiger partial charge in [0.25, 0.3) is 0 Å². The molecule has 0 amide bonds. The monoisotopic (exact) mass is 734 g/mol. The van der Waals surface area contributed by atoms with E-state index >= 15 is 0 Å². The first-order chi connectivity index (χ1) is 25.6. The van der Waals surface area contributed by atoms with Crippen molar-refractivity contribution in [3.63, 3.8) is 0 Å². The summed E-state index contributed by atoms with van der Waals surface area (Å²) in [7, 11) is -5.38. The summed E-state index contributed by atoms with van der Waals surface area (Å²) in [6.45, 7) is 18.5. The Balaban J connectivity index is 1.93. The van der Waals surface area contributed by atoms with E-state index in [0.717, 1.165) is 5.69 Å². The van der Waals surface area contributed by atoms with Gasteiger partial charge in [0.2, 0.25) is 0 Å². The number of anilines is 1. The van der Waals surface area contributed by atoms with Gasteiger partial charge in [-0.25, -0.2) is 0 Å². The molecule has 0 aliphatic heterocycles. The molecule has 0 fully saturated rings. The van der Waals surface area contributed by atoms with Crippen LogP contribution in [0, 0.1) is 0 Å². The molecule has 0 heterocycles. The van der Waals surface area contributed by atoms with E-state index in [1.54, 1.807) is 0 Å². The van der Waals surface area contributed by atoms with Gasteiger partial charge in [-0.05, 0) is 62.1 Å². The highest BCUT2D eigenvalue weighted by molar-refractivity contribution is 8.08. The van der Waals surface area contributed by atoms with Crippen LogP contribution in [0.15, 0.2) is 162 Å². The third kappa shape index (κ3) is 7.97. The summed E-state index contributed by atoms with van der Waals surface area (Å²) >= 11 is 0. The Hall–Kier alpha value is -4.35. The van der Waals surface area contributed by atoms with E-state index in [-0.39, 0.29) is 0 Å². The Morgan fingerprint density at radius 2 is 0.717 bits per heavy atom. The molecule has 0 saturated heterocycles. The van der Waals surface area contributed by atoms with Crippen LogP contribution in [0.4, 0.5) is 11.4 Å². The van der Waals surface area contributed by atoms with Gasteiger partial charge in [-0.1, -0.05) is 213 Å². The first-order valence-electron chi connectivity index (χ1n) is 19.2. The van der Waals surface area contributed by atoms with E-state index in [4.69, 9.17) is 4.74 Å². The van der Waals surface area contributed by atoms with Crippen LogP contribution in [-0.2, 0) is 0 Å². The number of rotatable bonds is 12. The fourth-order valence-electron chi connectivity index (χ4n) is 7.39. The molecule has 0 aromatic heterocycles. The summed E-state index contributed by atoms with van der Waals surface area (Å²) in [4.78, 5) is 0. The molecule has 6 aromatic carbocycles.